The van der Waals surface area contributed by atoms with E-state index in [1.54, 1.807) is 0 Å². The van der Waals surface area contributed by atoms with Crippen LogP contribution in [-0.2, 0) is 0 Å². The standard InChI is InChI=1S/C18H27N3/c1-13(2)14-6-8-15(9-7-14)16-12-17(16)20-18(19)21-10-4-3-5-11-21/h6-9,13,16-17H,3-5,10-12H2,1-2H3,(H2,19,20). The molecule has 3 heteroatoms. The molecule has 2 aliphatic rings. The van der Waals surface area contributed by atoms with Crippen molar-refractivity contribution in [2.24, 2.45) is 10.7 Å². The molecule has 1 aliphatic heterocycles. The van der Waals surface area contributed by atoms with Crippen LogP contribution in [0.3, 0.4) is 0 Å². The first-order valence-electron chi connectivity index (χ1n) is 8.33. The summed E-state index contributed by atoms with van der Waals surface area (Å²) in [6, 6.07) is 9.45. The summed E-state index contributed by atoms with van der Waals surface area (Å²) >= 11 is 0. The smallest absolute Gasteiger partial charge is 0.191 e. The lowest BCUT2D eigenvalue weighted by Gasteiger charge is -2.27. The van der Waals surface area contributed by atoms with Crippen molar-refractivity contribution >= 4 is 5.96 Å². The molecule has 1 heterocycles. The minimum atomic E-state index is 0.400. The van der Waals surface area contributed by atoms with Crippen LogP contribution in [0.4, 0.5) is 0 Å². The average Bonchev–Trinajstić information content (AvgIpc) is 3.27. The Labute approximate surface area is 128 Å². The van der Waals surface area contributed by atoms with E-state index < -0.39 is 0 Å². The van der Waals surface area contributed by atoms with E-state index in [0.29, 0.717) is 17.9 Å². The van der Waals surface area contributed by atoms with Gasteiger partial charge in [0.25, 0.3) is 0 Å². The monoisotopic (exact) mass is 285 g/mol. The average molecular weight is 285 g/mol. The van der Waals surface area contributed by atoms with Gasteiger partial charge < -0.3 is 10.6 Å². The summed E-state index contributed by atoms with van der Waals surface area (Å²) in [7, 11) is 0. The summed E-state index contributed by atoms with van der Waals surface area (Å²) in [5.74, 6) is 1.94. The first kappa shape index (κ1) is 14.4. The molecule has 0 radical (unpaired) electrons. The molecule has 2 fully saturated rings. The Hall–Kier alpha value is -1.51. The first-order valence-corrected chi connectivity index (χ1v) is 8.33. The summed E-state index contributed by atoms with van der Waals surface area (Å²) in [5.41, 5.74) is 9.00. The number of rotatable bonds is 3. The Balaban J connectivity index is 1.60. The number of hydrogen-bond donors (Lipinski definition) is 1. The SMILES string of the molecule is CC(C)c1ccc(C2CC2N=C(N)N2CCCCC2)cc1. The predicted octanol–water partition coefficient (Wildman–Crippen LogP) is 3.47. The number of aliphatic imine (C=N–C) groups is 1. The number of nitrogens with two attached hydrogens (primary N) is 1. The van der Waals surface area contributed by atoms with Crippen LogP contribution in [0.1, 0.15) is 62.5 Å². The van der Waals surface area contributed by atoms with Crippen LogP contribution in [0.15, 0.2) is 29.3 Å². The Morgan fingerprint density at radius 1 is 1.14 bits per heavy atom. The van der Waals surface area contributed by atoms with Crippen LogP contribution >= 0.6 is 0 Å². The van der Waals surface area contributed by atoms with E-state index in [4.69, 9.17) is 10.7 Å². The van der Waals surface area contributed by atoms with Crippen molar-refractivity contribution in [2.45, 2.75) is 57.4 Å². The molecule has 1 aromatic rings. The van der Waals surface area contributed by atoms with Crippen molar-refractivity contribution < 1.29 is 0 Å². The van der Waals surface area contributed by atoms with E-state index >= 15 is 0 Å². The molecular weight excluding hydrogens is 258 g/mol. The van der Waals surface area contributed by atoms with Crippen LogP contribution in [0.2, 0.25) is 0 Å². The lowest BCUT2D eigenvalue weighted by atomic mass is 10.0. The van der Waals surface area contributed by atoms with Crippen molar-refractivity contribution in [3.63, 3.8) is 0 Å². The quantitative estimate of drug-likeness (QED) is 0.682. The van der Waals surface area contributed by atoms with Crippen LogP contribution in [0, 0.1) is 0 Å². The van der Waals surface area contributed by atoms with E-state index in [0.717, 1.165) is 25.5 Å². The molecule has 0 bridgehead atoms. The normalized spacial score (nSPS) is 26.2. The molecule has 0 spiro atoms. The van der Waals surface area contributed by atoms with Gasteiger partial charge in [-0.2, -0.15) is 0 Å². The first-order chi connectivity index (χ1) is 10.1. The van der Waals surface area contributed by atoms with Crippen molar-refractivity contribution in [2.75, 3.05) is 13.1 Å². The molecule has 114 valence electrons. The number of benzene rings is 1. The highest BCUT2D eigenvalue weighted by atomic mass is 15.3. The maximum atomic E-state index is 6.17. The third kappa shape index (κ3) is 3.39. The molecular formula is C18H27N3. The third-order valence-electron chi connectivity index (χ3n) is 4.77. The van der Waals surface area contributed by atoms with Gasteiger partial charge in [-0.15, -0.1) is 0 Å². The van der Waals surface area contributed by atoms with Crippen molar-refractivity contribution in [1.29, 1.82) is 0 Å². The highest BCUT2D eigenvalue weighted by Gasteiger charge is 2.38. The minimum absolute atomic E-state index is 0.400. The minimum Gasteiger partial charge on any atom is -0.370 e. The number of guanidine groups is 1. The molecule has 1 aromatic carbocycles. The second-order valence-corrected chi connectivity index (χ2v) is 6.77. The summed E-state index contributed by atoms with van der Waals surface area (Å²) < 4.78 is 0. The van der Waals surface area contributed by atoms with Crippen LogP contribution < -0.4 is 5.73 Å². The maximum absolute atomic E-state index is 6.17. The largest absolute Gasteiger partial charge is 0.370 e. The molecule has 2 N–H and O–H groups in total. The number of hydrogen-bond acceptors (Lipinski definition) is 1. The van der Waals surface area contributed by atoms with Crippen molar-refractivity contribution in [1.82, 2.24) is 4.90 Å². The van der Waals surface area contributed by atoms with Gasteiger partial charge in [0.05, 0.1) is 6.04 Å². The van der Waals surface area contributed by atoms with Crippen LogP contribution in [0.25, 0.3) is 0 Å². The second kappa shape index (κ2) is 6.08. The molecule has 0 aromatic heterocycles. The molecule has 2 unspecified atom stereocenters. The third-order valence-corrected chi connectivity index (χ3v) is 4.77. The summed E-state index contributed by atoms with van der Waals surface area (Å²) in [6.45, 7) is 6.63. The second-order valence-electron chi connectivity index (χ2n) is 6.77. The topological polar surface area (TPSA) is 41.6 Å². The Bertz CT molecular complexity index is 498. The Kier molecular flexibility index (Phi) is 4.18. The number of piperidine rings is 1. The summed E-state index contributed by atoms with van der Waals surface area (Å²) in [6.07, 6.45) is 4.98. The molecule has 0 amide bonds. The fourth-order valence-corrected chi connectivity index (χ4v) is 3.19. The lowest BCUT2D eigenvalue weighted by molar-refractivity contribution is 0.338. The molecule has 1 saturated heterocycles. The van der Waals surface area contributed by atoms with E-state index in [1.807, 2.05) is 0 Å². The molecule has 21 heavy (non-hydrogen) atoms. The summed E-state index contributed by atoms with van der Waals surface area (Å²) in [5, 5.41) is 0. The predicted molar refractivity (Wildman–Crippen MR) is 88.7 cm³/mol. The van der Waals surface area contributed by atoms with E-state index in [1.165, 1.54) is 30.4 Å². The van der Waals surface area contributed by atoms with Gasteiger partial charge in [-0.05, 0) is 42.7 Å². The fourth-order valence-electron chi connectivity index (χ4n) is 3.19. The van der Waals surface area contributed by atoms with E-state index in [2.05, 4.69) is 43.0 Å². The number of likely N-dealkylation sites (tertiary alicyclic amines) is 1. The molecule has 1 aliphatic carbocycles. The van der Waals surface area contributed by atoms with Gasteiger partial charge in [-0.3, -0.25) is 0 Å². The molecule has 2 atom stereocenters. The molecule has 1 saturated carbocycles. The van der Waals surface area contributed by atoms with E-state index in [-0.39, 0.29) is 0 Å². The van der Waals surface area contributed by atoms with Crippen LogP contribution in [0.5, 0.6) is 0 Å². The van der Waals surface area contributed by atoms with Gasteiger partial charge in [0.1, 0.15) is 0 Å². The van der Waals surface area contributed by atoms with E-state index in [9.17, 15) is 0 Å². The zero-order chi connectivity index (χ0) is 14.8. The highest BCUT2D eigenvalue weighted by molar-refractivity contribution is 5.78. The Morgan fingerprint density at radius 2 is 1.81 bits per heavy atom. The molecule has 3 nitrogen and oxygen atoms in total. The van der Waals surface area contributed by atoms with Gasteiger partial charge in [0, 0.05) is 19.0 Å². The van der Waals surface area contributed by atoms with Gasteiger partial charge in [-0.1, -0.05) is 38.1 Å². The lowest BCUT2D eigenvalue weighted by Crippen LogP contribution is -2.41. The zero-order valence-electron chi connectivity index (χ0n) is 13.3. The summed E-state index contributed by atoms with van der Waals surface area (Å²) in [4.78, 5) is 7.00. The van der Waals surface area contributed by atoms with Gasteiger partial charge in [0.2, 0.25) is 0 Å². The Morgan fingerprint density at radius 3 is 2.43 bits per heavy atom. The fraction of sp³-hybridized carbons (Fsp3) is 0.611. The zero-order valence-corrected chi connectivity index (χ0v) is 13.3. The van der Waals surface area contributed by atoms with Gasteiger partial charge in [0.15, 0.2) is 5.96 Å². The van der Waals surface area contributed by atoms with Crippen LogP contribution in [-0.4, -0.2) is 30.0 Å². The molecule has 3 rings (SSSR count). The van der Waals surface area contributed by atoms with Crippen molar-refractivity contribution in [3.05, 3.63) is 35.4 Å². The van der Waals surface area contributed by atoms with Gasteiger partial charge >= 0.3 is 0 Å². The number of nitrogens with zero attached hydrogens (tertiary/aromatic N) is 2. The maximum Gasteiger partial charge on any atom is 0.191 e. The van der Waals surface area contributed by atoms with Gasteiger partial charge in [-0.25, -0.2) is 4.99 Å². The van der Waals surface area contributed by atoms with Crippen molar-refractivity contribution in [3.8, 4) is 0 Å². The highest BCUT2D eigenvalue weighted by Crippen LogP contribution is 2.43.